The monoisotopic (exact) mass is 277 g/mol. The number of amides is 1. The third-order valence-corrected chi connectivity index (χ3v) is 3.94. The number of rotatable bonds is 4. The van der Waals surface area contributed by atoms with Crippen LogP contribution in [0.15, 0.2) is 0 Å². The van der Waals surface area contributed by atoms with E-state index in [-0.39, 0.29) is 23.1 Å². The van der Waals surface area contributed by atoms with E-state index in [0.717, 1.165) is 0 Å². The topological polar surface area (TPSA) is 56.8 Å². The van der Waals surface area contributed by atoms with Crippen LogP contribution in [-0.4, -0.2) is 50.5 Å². The zero-order valence-electron chi connectivity index (χ0n) is 10.8. The van der Waals surface area contributed by atoms with E-state index < -0.39 is 5.79 Å². The summed E-state index contributed by atoms with van der Waals surface area (Å²) in [4.78, 5) is 11.2. The first-order chi connectivity index (χ1) is 8.50. The Morgan fingerprint density at radius 3 is 2.72 bits per heavy atom. The molecule has 2 aliphatic rings. The highest BCUT2D eigenvalue weighted by molar-refractivity contribution is 6.27. The molecule has 2 fully saturated rings. The number of halogens is 1. The average molecular weight is 278 g/mol. The SMILES string of the molecule is CC(C)(CNC(=O)CCl)C1COCC12OCCO2. The third kappa shape index (κ3) is 2.64. The molecule has 18 heavy (non-hydrogen) atoms. The van der Waals surface area contributed by atoms with Crippen molar-refractivity contribution in [1.82, 2.24) is 5.32 Å². The molecule has 1 amide bonds. The van der Waals surface area contributed by atoms with Crippen LogP contribution in [0.2, 0.25) is 0 Å². The highest BCUT2D eigenvalue weighted by Gasteiger charge is 2.55. The molecule has 1 N–H and O–H groups in total. The highest BCUT2D eigenvalue weighted by atomic mass is 35.5. The van der Waals surface area contributed by atoms with E-state index in [4.69, 9.17) is 25.8 Å². The van der Waals surface area contributed by atoms with Gasteiger partial charge in [0, 0.05) is 12.5 Å². The van der Waals surface area contributed by atoms with Gasteiger partial charge in [-0.1, -0.05) is 13.8 Å². The zero-order chi connectivity index (χ0) is 13.2. The van der Waals surface area contributed by atoms with Crippen molar-refractivity contribution in [3.63, 3.8) is 0 Å². The van der Waals surface area contributed by atoms with Crippen LogP contribution in [0.3, 0.4) is 0 Å². The maximum atomic E-state index is 11.2. The molecule has 0 saturated carbocycles. The van der Waals surface area contributed by atoms with E-state index >= 15 is 0 Å². The Morgan fingerprint density at radius 2 is 2.11 bits per heavy atom. The van der Waals surface area contributed by atoms with Gasteiger partial charge in [-0.15, -0.1) is 11.6 Å². The number of carbonyl (C=O) groups is 1. The zero-order valence-corrected chi connectivity index (χ0v) is 11.6. The first-order valence-corrected chi connectivity index (χ1v) is 6.72. The normalized spacial score (nSPS) is 26.7. The Hall–Kier alpha value is -0.360. The fourth-order valence-corrected chi connectivity index (χ4v) is 2.71. The molecule has 0 aromatic rings. The van der Waals surface area contributed by atoms with Gasteiger partial charge in [-0.05, 0) is 5.41 Å². The van der Waals surface area contributed by atoms with Crippen molar-refractivity contribution in [2.45, 2.75) is 19.6 Å². The maximum absolute atomic E-state index is 11.2. The van der Waals surface area contributed by atoms with Gasteiger partial charge in [-0.2, -0.15) is 0 Å². The third-order valence-electron chi connectivity index (χ3n) is 3.70. The van der Waals surface area contributed by atoms with Gasteiger partial charge in [-0.3, -0.25) is 4.79 Å². The van der Waals surface area contributed by atoms with Crippen molar-refractivity contribution in [2.75, 3.05) is 38.9 Å². The Morgan fingerprint density at radius 1 is 1.44 bits per heavy atom. The molecule has 2 rings (SSSR count). The minimum atomic E-state index is -0.630. The minimum Gasteiger partial charge on any atom is -0.375 e. The molecule has 0 radical (unpaired) electrons. The summed E-state index contributed by atoms with van der Waals surface area (Å²) < 4.78 is 17.0. The van der Waals surface area contributed by atoms with Gasteiger partial charge in [0.1, 0.15) is 12.5 Å². The van der Waals surface area contributed by atoms with Crippen LogP contribution in [0.5, 0.6) is 0 Å². The van der Waals surface area contributed by atoms with Gasteiger partial charge in [0.15, 0.2) is 5.79 Å². The molecule has 2 aliphatic heterocycles. The van der Waals surface area contributed by atoms with Crippen LogP contribution >= 0.6 is 11.6 Å². The van der Waals surface area contributed by atoms with E-state index in [2.05, 4.69) is 19.2 Å². The average Bonchev–Trinajstić information content (AvgIpc) is 2.97. The first kappa shape index (κ1) is 14.1. The first-order valence-electron chi connectivity index (χ1n) is 6.18. The van der Waals surface area contributed by atoms with Crippen LogP contribution in [0.1, 0.15) is 13.8 Å². The lowest BCUT2D eigenvalue weighted by atomic mass is 9.75. The molecule has 2 heterocycles. The number of nitrogens with one attached hydrogen (secondary N) is 1. The number of ether oxygens (including phenoxy) is 3. The molecule has 0 bridgehead atoms. The number of carbonyl (C=O) groups excluding carboxylic acids is 1. The summed E-state index contributed by atoms with van der Waals surface area (Å²) in [5.41, 5.74) is -0.178. The van der Waals surface area contributed by atoms with Gasteiger partial charge in [0.25, 0.3) is 0 Å². The molecular weight excluding hydrogens is 258 g/mol. The van der Waals surface area contributed by atoms with Gasteiger partial charge >= 0.3 is 0 Å². The van der Waals surface area contributed by atoms with Gasteiger partial charge in [-0.25, -0.2) is 0 Å². The summed E-state index contributed by atoms with van der Waals surface area (Å²) in [6.45, 7) is 6.94. The van der Waals surface area contributed by atoms with Gasteiger partial charge in [0.05, 0.1) is 19.8 Å². The Balaban J connectivity index is 2.01. The molecular formula is C12H20ClNO4. The smallest absolute Gasteiger partial charge is 0.234 e. The standard InChI is InChI=1S/C12H20ClNO4/c1-11(2,7-14-10(15)5-13)9-6-16-8-12(9)17-3-4-18-12/h9H,3-8H2,1-2H3,(H,14,15). The van der Waals surface area contributed by atoms with E-state index in [1.54, 1.807) is 0 Å². The summed E-state index contributed by atoms with van der Waals surface area (Å²) in [5.74, 6) is -0.709. The van der Waals surface area contributed by atoms with Crippen molar-refractivity contribution >= 4 is 17.5 Å². The van der Waals surface area contributed by atoms with Crippen LogP contribution in [-0.2, 0) is 19.0 Å². The predicted octanol–water partition coefficient (Wildman–Crippen LogP) is 0.757. The lowest BCUT2D eigenvalue weighted by molar-refractivity contribution is -0.197. The summed E-state index contributed by atoms with van der Waals surface area (Å²) in [7, 11) is 0. The summed E-state index contributed by atoms with van der Waals surface area (Å²) in [6, 6.07) is 0. The second-order valence-electron chi connectivity index (χ2n) is 5.48. The summed E-state index contributed by atoms with van der Waals surface area (Å²) >= 11 is 5.48. The van der Waals surface area contributed by atoms with E-state index in [9.17, 15) is 4.79 Å². The van der Waals surface area contributed by atoms with Gasteiger partial charge in [0.2, 0.25) is 5.91 Å². The summed E-state index contributed by atoms with van der Waals surface area (Å²) in [6.07, 6.45) is 0. The van der Waals surface area contributed by atoms with Crippen molar-refractivity contribution in [3.8, 4) is 0 Å². The Kier molecular flexibility index (Phi) is 4.16. The lowest BCUT2D eigenvalue weighted by Gasteiger charge is -2.38. The van der Waals surface area contributed by atoms with Crippen LogP contribution in [0.4, 0.5) is 0 Å². The second-order valence-corrected chi connectivity index (χ2v) is 5.74. The molecule has 0 aromatic heterocycles. The van der Waals surface area contributed by atoms with Crippen LogP contribution < -0.4 is 5.32 Å². The lowest BCUT2D eigenvalue weighted by Crippen LogP contribution is -2.50. The Labute approximate surface area is 112 Å². The molecule has 0 aliphatic carbocycles. The van der Waals surface area contributed by atoms with Crippen molar-refractivity contribution in [1.29, 1.82) is 0 Å². The van der Waals surface area contributed by atoms with E-state index in [0.29, 0.717) is 33.0 Å². The van der Waals surface area contributed by atoms with Crippen molar-refractivity contribution in [2.24, 2.45) is 11.3 Å². The summed E-state index contributed by atoms with van der Waals surface area (Å²) in [5, 5.41) is 2.82. The molecule has 2 saturated heterocycles. The number of hydrogen-bond donors (Lipinski definition) is 1. The van der Waals surface area contributed by atoms with Crippen LogP contribution in [0, 0.1) is 11.3 Å². The van der Waals surface area contributed by atoms with E-state index in [1.807, 2.05) is 0 Å². The number of hydrogen-bond acceptors (Lipinski definition) is 4. The largest absolute Gasteiger partial charge is 0.375 e. The predicted molar refractivity (Wildman–Crippen MR) is 66.5 cm³/mol. The highest BCUT2D eigenvalue weighted by Crippen LogP contribution is 2.44. The second kappa shape index (κ2) is 5.33. The van der Waals surface area contributed by atoms with Crippen molar-refractivity contribution in [3.05, 3.63) is 0 Å². The molecule has 1 spiro atoms. The molecule has 104 valence electrons. The molecule has 6 heteroatoms. The van der Waals surface area contributed by atoms with Gasteiger partial charge < -0.3 is 19.5 Å². The van der Waals surface area contributed by atoms with Crippen molar-refractivity contribution < 1.29 is 19.0 Å². The quantitative estimate of drug-likeness (QED) is 0.771. The number of alkyl halides is 1. The fourth-order valence-electron chi connectivity index (χ4n) is 2.62. The van der Waals surface area contributed by atoms with Crippen LogP contribution in [0.25, 0.3) is 0 Å². The molecule has 1 atom stereocenters. The molecule has 5 nitrogen and oxygen atoms in total. The maximum Gasteiger partial charge on any atom is 0.234 e. The Bertz CT molecular complexity index is 310. The fraction of sp³-hybridized carbons (Fsp3) is 0.917. The van der Waals surface area contributed by atoms with E-state index in [1.165, 1.54) is 0 Å². The molecule has 0 aromatic carbocycles. The molecule has 1 unspecified atom stereocenters. The minimum absolute atomic E-state index is 0.0185.